The van der Waals surface area contributed by atoms with Crippen molar-refractivity contribution < 1.29 is 33.4 Å². The van der Waals surface area contributed by atoms with Crippen molar-refractivity contribution in [1.82, 2.24) is 35.2 Å². The summed E-state index contributed by atoms with van der Waals surface area (Å²) in [5, 5.41) is 13.7. The Morgan fingerprint density at radius 2 is 1.36 bits per heavy atom. The predicted molar refractivity (Wildman–Crippen MR) is 174 cm³/mol. The van der Waals surface area contributed by atoms with Gasteiger partial charge in [0, 0.05) is 31.0 Å². The molecule has 3 aromatic carbocycles. The van der Waals surface area contributed by atoms with Gasteiger partial charge in [-0.1, -0.05) is 0 Å². The molecule has 4 heterocycles. The number of fused-ring (bicyclic) bond motifs is 1. The molecule has 3 aliphatic rings. The lowest BCUT2D eigenvalue weighted by Gasteiger charge is -2.36. The lowest BCUT2D eigenvalue weighted by Crippen LogP contribution is -2.54. The number of aromatic nitrogens is 5. The highest BCUT2D eigenvalue weighted by atomic mass is 16.5. The lowest BCUT2D eigenvalue weighted by molar-refractivity contribution is -0.136. The number of rotatable bonds is 10. The number of amides is 4. The average molecular weight is 673 g/mol. The van der Waals surface area contributed by atoms with E-state index in [1.165, 1.54) is 4.80 Å². The van der Waals surface area contributed by atoms with Gasteiger partial charge in [0.1, 0.15) is 40.8 Å². The molecule has 2 aromatic heterocycles. The molecular formula is C35H28N8O7. The molecule has 1 saturated carbocycles. The van der Waals surface area contributed by atoms with Crippen molar-refractivity contribution in [2.75, 3.05) is 5.32 Å². The van der Waals surface area contributed by atoms with Crippen molar-refractivity contribution in [2.24, 2.45) is 0 Å². The van der Waals surface area contributed by atoms with Crippen LogP contribution in [0.5, 0.6) is 29.0 Å². The molecule has 4 amide bonds. The average Bonchev–Trinajstić information content (AvgIpc) is 3.73. The molecule has 0 bridgehead atoms. The van der Waals surface area contributed by atoms with Gasteiger partial charge in [0.25, 0.3) is 11.8 Å². The minimum atomic E-state index is -0.993. The molecule has 250 valence electrons. The van der Waals surface area contributed by atoms with Crippen LogP contribution >= 0.6 is 0 Å². The Morgan fingerprint density at radius 3 is 2.02 bits per heavy atom. The minimum absolute atomic E-state index is 0.00914. The first kappa shape index (κ1) is 30.7. The highest BCUT2D eigenvalue weighted by Crippen LogP contribution is 2.34. The van der Waals surface area contributed by atoms with E-state index in [1.807, 2.05) is 24.3 Å². The molecule has 1 unspecified atom stereocenters. The molecule has 2 aliphatic heterocycles. The molecular weight excluding hydrogens is 644 g/mol. The predicted octanol–water partition coefficient (Wildman–Crippen LogP) is 4.07. The van der Waals surface area contributed by atoms with E-state index in [0.29, 0.717) is 34.4 Å². The Bertz CT molecular complexity index is 2080. The molecule has 2 N–H and O–H groups in total. The number of ether oxygens (including phenoxy) is 3. The number of imide groups is 2. The third-order valence-corrected chi connectivity index (χ3v) is 8.56. The lowest BCUT2D eigenvalue weighted by atomic mass is 9.89. The fraction of sp³-hybridized carbons (Fsp3) is 0.200. The van der Waals surface area contributed by atoms with Crippen LogP contribution in [-0.4, -0.2) is 71.7 Å². The standard InChI is InChI=1S/C35H28N8O7/c44-31-12-11-30(32(45)41-31)42-33(46)28-10-1-20(17-29(28)34(42)47)40-21-15-27(16-21)49-25-4-2-23(3-5-25)48-24-6-8-26(9-7-24)50-35-36-18-22(19-37-35)43-38-13-14-39-43/h1-10,13-14,17-19,21,27,30,40H,11-12,15-16H2,(H,41,44,45)/t21-,27-,30?. The zero-order valence-electron chi connectivity index (χ0n) is 26.3. The maximum absolute atomic E-state index is 13.1. The van der Waals surface area contributed by atoms with Gasteiger partial charge in [0.2, 0.25) is 11.8 Å². The summed E-state index contributed by atoms with van der Waals surface area (Å²) in [5.74, 6) is 0.439. The monoisotopic (exact) mass is 672 g/mol. The van der Waals surface area contributed by atoms with E-state index in [2.05, 4.69) is 30.8 Å². The van der Waals surface area contributed by atoms with Gasteiger partial charge >= 0.3 is 6.01 Å². The van der Waals surface area contributed by atoms with Gasteiger partial charge in [-0.05, 0) is 73.2 Å². The van der Waals surface area contributed by atoms with E-state index >= 15 is 0 Å². The quantitative estimate of drug-likeness (QED) is 0.204. The number of carbonyl (C=O) groups is 4. The van der Waals surface area contributed by atoms with Gasteiger partial charge in [0.15, 0.2) is 0 Å². The number of hydrogen-bond acceptors (Lipinski definition) is 12. The van der Waals surface area contributed by atoms with Crippen LogP contribution in [0.25, 0.3) is 5.69 Å². The van der Waals surface area contributed by atoms with Crippen LogP contribution in [0.1, 0.15) is 46.4 Å². The van der Waals surface area contributed by atoms with Crippen molar-refractivity contribution in [3.63, 3.8) is 0 Å². The second-order valence-electron chi connectivity index (χ2n) is 11.9. The van der Waals surface area contributed by atoms with Crippen LogP contribution in [0.15, 0.2) is 91.5 Å². The van der Waals surface area contributed by atoms with Gasteiger partial charge in [-0.25, -0.2) is 9.97 Å². The summed E-state index contributed by atoms with van der Waals surface area (Å²) in [7, 11) is 0. The SMILES string of the molecule is O=C1CCC(N2C(=O)c3ccc(N[C@H]4C[C@H](Oc5ccc(Oc6ccc(Oc7ncc(-n8nccn8)cn7)cc6)cc5)C4)cc3C2=O)C(=O)N1. The van der Waals surface area contributed by atoms with Crippen LogP contribution in [-0.2, 0) is 9.59 Å². The molecule has 1 atom stereocenters. The number of anilines is 1. The minimum Gasteiger partial charge on any atom is -0.490 e. The summed E-state index contributed by atoms with van der Waals surface area (Å²) in [5.41, 5.74) is 1.80. The smallest absolute Gasteiger partial charge is 0.322 e. The second kappa shape index (κ2) is 12.8. The summed E-state index contributed by atoms with van der Waals surface area (Å²) in [6.45, 7) is 0. The Kier molecular flexibility index (Phi) is 7.83. The number of nitrogens with zero attached hydrogens (tertiary/aromatic N) is 6. The molecule has 1 saturated heterocycles. The van der Waals surface area contributed by atoms with Crippen LogP contribution in [0.2, 0.25) is 0 Å². The van der Waals surface area contributed by atoms with E-state index in [9.17, 15) is 19.2 Å². The summed E-state index contributed by atoms with van der Waals surface area (Å²) >= 11 is 0. The third-order valence-electron chi connectivity index (χ3n) is 8.56. The highest BCUT2D eigenvalue weighted by molar-refractivity contribution is 6.23. The van der Waals surface area contributed by atoms with Crippen molar-refractivity contribution in [3.8, 4) is 34.7 Å². The van der Waals surface area contributed by atoms with Crippen LogP contribution in [0, 0.1) is 0 Å². The largest absolute Gasteiger partial charge is 0.490 e. The zero-order valence-corrected chi connectivity index (χ0v) is 26.3. The van der Waals surface area contributed by atoms with Gasteiger partial charge in [-0.2, -0.15) is 10.2 Å². The maximum Gasteiger partial charge on any atom is 0.322 e. The van der Waals surface area contributed by atoms with Crippen LogP contribution < -0.4 is 24.8 Å². The van der Waals surface area contributed by atoms with E-state index in [1.54, 1.807) is 67.3 Å². The first-order chi connectivity index (χ1) is 24.4. The van der Waals surface area contributed by atoms with E-state index < -0.39 is 29.7 Å². The number of hydrogen-bond donors (Lipinski definition) is 2. The van der Waals surface area contributed by atoms with Crippen molar-refractivity contribution in [3.05, 3.63) is 103 Å². The van der Waals surface area contributed by atoms with Crippen LogP contribution in [0.4, 0.5) is 5.69 Å². The van der Waals surface area contributed by atoms with Crippen LogP contribution in [0.3, 0.4) is 0 Å². The van der Waals surface area contributed by atoms with Gasteiger partial charge in [-0.3, -0.25) is 29.4 Å². The second-order valence-corrected chi connectivity index (χ2v) is 11.9. The number of benzene rings is 3. The van der Waals surface area contributed by atoms with Gasteiger partial charge < -0.3 is 19.5 Å². The number of piperidine rings is 1. The molecule has 15 heteroatoms. The molecule has 0 spiro atoms. The first-order valence-corrected chi connectivity index (χ1v) is 15.9. The summed E-state index contributed by atoms with van der Waals surface area (Å²) in [4.78, 5) is 60.7. The number of nitrogens with one attached hydrogen (secondary N) is 2. The molecule has 15 nitrogen and oxygen atoms in total. The number of carbonyl (C=O) groups excluding carboxylic acids is 4. The summed E-state index contributed by atoms with van der Waals surface area (Å²) in [6, 6.07) is 18.8. The topological polar surface area (TPSA) is 180 Å². The zero-order chi connectivity index (χ0) is 34.2. The molecule has 50 heavy (non-hydrogen) atoms. The Morgan fingerprint density at radius 1 is 0.740 bits per heavy atom. The third kappa shape index (κ3) is 6.19. The maximum atomic E-state index is 13.1. The van der Waals surface area contributed by atoms with Crippen molar-refractivity contribution in [2.45, 2.75) is 43.9 Å². The fourth-order valence-electron chi connectivity index (χ4n) is 5.99. The van der Waals surface area contributed by atoms with Crippen molar-refractivity contribution >= 4 is 29.3 Å². The Balaban J connectivity index is 0.799. The summed E-state index contributed by atoms with van der Waals surface area (Å²) in [6.07, 6.45) is 7.97. The molecule has 5 aromatic rings. The van der Waals surface area contributed by atoms with E-state index in [-0.39, 0.29) is 42.1 Å². The van der Waals surface area contributed by atoms with Crippen molar-refractivity contribution in [1.29, 1.82) is 0 Å². The molecule has 0 radical (unpaired) electrons. The first-order valence-electron chi connectivity index (χ1n) is 15.9. The van der Waals surface area contributed by atoms with Gasteiger partial charge in [-0.15, -0.1) is 4.80 Å². The fourth-order valence-corrected chi connectivity index (χ4v) is 5.99. The van der Waals surface area contributed by atoms with E-state index in [4.69, 9.17) is 14.2 Å². The normalized spacial score (nSPS) is 19.8. The van der Waals surface area contributed by atoms with E-state index in [0.717, 1.165) is 17.7 Å². The Hall–Kier alpha value is -6.64. The molecule has 2 fully saturated rings. The Labute approximate surface area is 284 Å². The highest BCUT2D eigenvalue weighted by Gasteiger charge is 2.44. The summed E-state index contributed by atoms with van der Waals surface area (Å²) < 4.78 is 17.8. The van der Waals surface area contributed by atoms with Gasteiger partial charge in [0.05, 0.1) is 35.9 Å². The molecule has 1 aliphatic carbocycles. The molecule has 8 rings (SSSR count).